The van der Waals surface area contributed by atoms with Gasteiger partial charge >= 0.3 is 0 Å². The van der Waals surface area contributed by atoms with Crippen molar-refractivity contribution in [3.63, 3.8) is 0 Å². The number of carbonyl (C=O) groups excluding carboxylic acids is 1. The lowest BCUT2D eigenvalue weighted by molar-refractivity contribution is -0.116. The number of nitrogens with zero attached hydrogens (tertiary/aromatic N) is 1. The molecule has 0 aliphatic carbocycles. The van der Waals surface area contributed by atoms with Crippen molar-refractivity contribution in [3.05, 3.63) is 60.7 Å². The number of fused-ring (bicyclic) bond motifs is 1. The number of anilines is 1. The Balaban J connectivity index is 1.82. The van der Waals surface area contributed by atoms with Crippen molar-refractivity contribution in [1.29, 1.82) is 0 Å². The van der Waals surface area contributed by atoms with Gasteiger partial charge in [0.2, 0.25) is 15.9 Å². The van der Waals surface area contributed by atoms with Gasteiger partial charge in [-0.1, -0.05) is 37.3 Å². The number of ether oxygens (including phenoxy) is 2. The summed E-state index contributed by atoms with van der Waals surface area (Å²) in [5, 5.41) is 4.47. The van der Waals surface area contributed by atoms with Gasteiger partial charge in [0.05, 0.1) is 31.3 Å². The van der Waals surface area contributed by atoms with E-state index in [0.717, 1.165) is 15.1 Å². The molecule has 7 nitrogen and oxygen atoms in total. The van der Waals surface area contributed by atoms with Gasteiger partial charge in [0.25, 0.3) is 0 Å². The molecule has 0 aromatic heterocycles. The molecule has 1 amide bonds. The molecule has 3 aromatic carbocycles. The summed E-state index contributed by atoms with van der Waals surface area (Å²) in [6.07, 6.45) is 0. The molecule has 3 rings (SSSR count). The van der Waals surface area contributed by atoms with Crippen LogP contribution in [-0.2, 0) is 14.8 Å². The van der Waals surface area contributed by atoms with Crippen LogP contribution in [0.3, 0.4) is 0 Å². The quantitative estimate of drug-likeness (QED) is 0.594. The number of nitrogens with one attached hydrogen (secondary N) is 1. The van der Waals surface area contributed by atoms with E-state index in [0.29, 0.717) is 17.2 Å². The van der Waals surface area contributed by atoms with E-state index in [4.69, 9.17) is 9.47 Å². The number of hydrogen-bond acceptors (Lipinski definition) is 5. The lowest BCUT2D eigenvalue weighted by atomic mass is 10.1. The summed E-state index contributed by atoms with van der Waals surface area (Å²) >= 11 is 0. The minimum absolute atomic E-state index is 0.148. The molecule has 8 heteroatoms. The maximum atomic E-state index is 13.1. The highest BCUT2D eigenvalue weighted by molar-refractivity contribution is 7.89. The lowest BCUT2D eigenvalue weighted by Gasteiger charge is -2.21. The molecule has 0 bridgehead atoms. The first-order valence-electron chi connectivity index (χ1n) is 9.40. The van der Waals surface area contributed by atoms with E-state index in [1.807, 2.05) is 24.3 Å². The van der Waals surface area contributed by atoms with Crippen molar-refractivity contribution >= 4 is 32.4 Å². The fourth-order valence-corrected chi connectivity index (χ4v) is 4.55. The van der Waals surface area contributed by atoms with Crippen molar-refractivity contribution in [2.45, 2.75) is 11.8 Å². The second-order valence-electron chi connectivity index (χ2n) is 6.55. The first-order valence-corrected chi connectivity index (χ1v) is 10.8. The molecule has 0 fully saturated rings. The standard InChI is InChI=1S/C22H24N2O5S/c1-4-24(15-22(25)23-20-14-18(28-2)10-12-21(20)29-3)30(26,27)19-11-9-16-7-5-6-8-17(16)13-19/h5-14H,4,15H2,1-3H3,(H,23,25). The monoisotopic (exact) mass is 428 g/mol. The summed E-state index contributed by atoms with van der Waals surface area (Å²) in [4.78, 5) is 12.8. The molecule has 0 radical (unpaired) electrons. The van der Waals surface area contributed by atoms with Crippen LogP contribution in [0.5, 0.6) is 11.5 Å². The Hall–Kier alpha value is -3.10. The normalized spacial score (nSPS) is 11.5. The molecule has 158 valence electrons. The topological polar surface area (TPSA) is 84.9 Å². The summed E-state index contributed by atoms with van der Waals surface area (Å²) in [6.45, 7) is 1.52. The van der Waals surface area contributed by atoms with Crippen LogP contribution in [-0.4, -0.2) is 45.9 Å². The highest BCUT2D eigenvalue weighted by Crippen LogP contribution is 2.29. The zero-order chi connectivity index (χ0) is 21.7. The van der Waals surface area contributed by atoms with Crippen LogP contribution in [0.15, 0.2) is 65.6 Å². The van der Waals surface area contributed by atoms with E-state index < -0.39 is 15.9 Å². The van der Waals surface area contributed by atoms with Crippen LogP contribution in [0.25, 0.3) is 10.8 Å². The predicted octanol–water partition coefficient (Wildman–Crippen LogP) is 3.51. The average Bonchev–Trinajstić information content (AvgIpc) is 2.76. The SMILES string of the molecule is CCN(CC(=O)Nc1cc(OC)ccc1OC)S(=O)(=O)c1ccc2ccccc2c1. The van der Waals surface area contributed by atoms with E-state index in [-0.39, 0.29) is 18.0 Å². The molecule has 0 atom stereocenters. The molecular weight excluding hydrogens is 404 g/mol. The Kier molecular flexibility index (Phi) is 6.59. The first kappa shape index (κ1) is 21.6. The van der Waals surface area contributed by atoms with E-state index in [1.165, 1.54) is 14.2 Å². The largest absolute Gasteiger partial charge is 0.497 e. The van der Waals surface area contributed by atoms with Crippen LogP contribution in [0.2, 0.25) is 0 Å². The number of carbonyl (C=O) groups is 1. The third-order valence-electron chi connectivity index (χ3n) is 4.71. The number of amides is 1. The zero-order valence-electron chi connectivity index (χ0n) is 17.1. The van der Waals surface area contributed by atoms with Crippen LogP contribution in [0.4, 0.5) is 5.69 Å². The molecule has 0 unspecified atom stereocenters. The Labute approximate surface area is 176 Å². The fraction of sp³-hybridized carbons (Fsp3) is 0.227. The number of rotatable bonds is 8. The number of sulfonamides is 1. The molecule has 30 heavy (non-hydrogen) atoms. The maximum Gasteiger partial charge on any atom is 0.243 e. The molecule has 0 saturated carbocycles. The Morgan fingerprint density at radius 2 is 1.70 bits per heavy atom. The van der Waals surface area contributed by atoms with E-state index in [1.54, 1.807) is 43.3 Å². The predicted molar refractivity (Wildman–Crippen MR) is 117 cm³/mol. The molecule has 0 aliphatic rings. The summed E-state index contributed by atoms with van der Waals surface area (Å²) in [7, 11) is -0.840. The Morgan fingerprint density at radius 1 is 0.967 bits per heavy atom. The summed E-state index contributed by atoms with van der Waals surface area (Å²) in [5.41, 5.74) is 0.404. The highest BCUT2D eigenvalue weighted by atomic mass is 32.2. The molecule has 3 aromatic rings. The van der Waals surface area contributed by atoms with E-state index >= 15 is 0 Å². The Bertz CT molecular complexity index is 1160. The van der Waals surface area contributed by atoms with Gasteiger partial charge in [0.15, 0.2) is 0 Å². The van der Waals surface area contributed by atoms with Gasteiger partial charge < -0.3 is 14.8 Å². The minimum Gasteiger partial charge on any atom is -0.497 e. The average molecular weight is 429 g/mol. The van der Waals surface area contributed by atoms with Gasteiger partial charge in [-0.25, -0.2) is 8.42 Å². The van der Waals surface area contributed by atoms with Crippen LogP contribution >= 0.6 is 0 Å². The maximum absolute atomic E-state index is 13.1. The number of benzene rings is 3. The summed E-state index contributed by atoms with van der Waals surface area (Å²) in [5.74, 6) is 0.514. The van der Waals surface area contributed by atoms with Crippen LogP contribution in [0.1, 0.15) is 6.92 Å². The second kappa shape index (κ2) is 9.15. The molecule has 0 heterocycles. The number of likely N-dealkylation sites (N-methyl/N-ethyl adjacent to an activating group) is 1. The summed E-state index contributed by atoms with van der Waals surface area (Å²) < 4.78 is 37.8. The van der Waals surface area contributed by atoms with E-state index in [9.17, 15) is 13.2 Å². The van der Waals surface area contributed by atoms with Gasteiger partial charge in [0, 0.05) is 12.6 Å². The number of hydrogen-bond donors (Lipinski definition) is 1. The first-order chi connectivity index (χ1) is 14.4. The van der Waals surface area contributed by atoms with E-state index in [2.05, 4.69) is 5.32 Å². The van der Waals surface area contributed by atoms with Crippen molar-refractivity contribution in [1.82, 2.24) is 4.31 Å². The zero-order valence-corrected chi connectivity index (χ0v) is 17.9. The highest BCUT2D eigenvalue weighted by Gasteiger charge is 2.26. The third kappa shape index (κ3) is 4.55. The molecule has 0 aliphatic heterocycles. The molecule has 0 spiro atoms. The van der Waals surface area contributed by atoms with Crippen molar-refractivity contribution in [3.8, 4) is 11.5 Å². The van der Waals surface area contributed by atoms with Gasteiger partial charge in [-0.05, 0) is 35.0 Å². The second-order valence-corrected chi connectivity index (χ2v) is 8.49. The minimum atomic E-state index is -3.84. The summed E-state index contributed by atoms with van der Waals surface area (Å²) in [6, 6.07) is 17.4. The lowest BCUT2D eigenvalue weighted by Crippen LogP contribution is -2.37. The van der Waals surface area contributed by atoms with Gasteiger partial charge in [-0.15, -0.1) is 0 Å². The van der Waals surface area contributed by atoms with Crippen molar-refractivity contribution in [2.75, 3.05) is 32.6 Å². The van der Waals surface area contributed by atoms with Gasteiger partial charge in [-0.3, -0.25) is 4.79 Å². The third-order valence-corrected chi connectivity index (χ3v) is 6.63. The van der Waals surface area contributed by atoms with Crippen molar-refractivity contribution in [2.24, 2.45) is 0 Å². The Morgan fingerprint density at radius 3 is 2.37 bits per heavy atom. The van der Waals surface area contributed by atoms with Gasteiger partial charge in [0.1, 0.15) is 11.5 Å². The fourth-order valence-electron chi connectivity index (χ4n) is 3.11. The molecule has 0 saturated heterocycles. The smallest absolute Gasteiger partial charge is 0.243 e. The van der Waals surface area contributed by atoms with Crippen LogP contribution < -0.4 is 14.8 Å². The number of methoxy groups -OCH3 is 2. The van der Waals surface area contributed by atoms with Gasteiger partial charge in [-0.2, -0.15) is 4.31 Å². The molecular formula is C22H24N2O5S. The van der Waals surface area contributed by atoms with Crippen LogP contribution in [0, 0.1) is 0 Å². The molecule has 1 N–H and O–H groups in total. The van der Waals surface area contributed by atoms with Crippen molar-refractivity contribution < 1.29 is 22.7 Å².